The fourth-order valence-electron chi connectivity index (χ4n) is 1.75. The number of hydrogen-bond acceptors (Lipinski definition) is 4. The third-order valence-corrected chi connectivity index (χ3v) is 2.64. The van der Waals surface area contributed by atoms with E-state index in [-0.39, 0.29) is 19.8 Å². The zero-order chi connectivity index (χ0) is 13.2. The summed E-state index contributed by atoms with van der Waals surface area (Å²) in [5.41, 5.74) is 0. The van der Waals surface area contributed by atoms with Gasteiger partial charge in [0.1, 0.15) is 38.1 Å². The fourth-order valence-corrected chi connectivity index (χ4v) is 1.75. The van der Waals surface area contributed by atoms with Crippen LogP contribution >= 0.6 is 0 Å². The number of hydrogen-bond donors (Lipinski definition) is 4. The normalized spacial score (nSPS) is 12.7. The van der Waals surface area contributed by atoms with Crippen LogP contribution in [0.25, 0.3) is 0 Å². The van der Waals surface area contributed by atoms with E-state index in [0.29, 0.717) is 19.6 Å². The van der Waals surface area contributed by atoms with Crippen LogP contribution in [0.15, 0.2) is 30.3 Å². The van der Waals surface area contributed by atoms with Gasteiger partial charge in [0.15, 0.2) is 0 Å². The Kier molecular flexibility index (Phi) is 7.36. The minimum Gasteiger partial charge on any atom is -0.491 e. The first kappa shape index (κ1) is 14.9. The number of benzene rings is 1. The number of quaternary nitrogens is 1. The summed E-state index contributed by atoms with van der Waals surface area (Å²) in [4.78, 5) is 0.962. The molecular weight excluding hydrogens is 234 g/mol. The molecule has 0 radical (unpaired) electrons. The molecule has 18 heavy (non-hydrogen) atoms. The van der Waals surface area contributed by atoms with Gasteiger partial charge in [-0.05, 0) is 12.1 Å². The highest BCUT2D eigenvalue weighted by Gasteiger charge is 2.14. The summed E-state index contributed by atoms with van der Waals surface area (Å²) in [6.07, 6.45) is -0.613. The molecule has 0 heterocycles. The Balaban J connectivity index is 2.29. The van der Waals surface area contributed by atoms with Crippen LogP contribution in [0, 0.1) is 0 Å². The minimum absolute atomic E-state index is 0.0432. The lowest BCUT2D eigenvalue weighted by Gasteiger charge is -2.20. The molecule has 0 unspecified atom stereocenters. The van der Waals surface area contributed by atoms with Crippen molar-refractivity contribution in [1.82, 2.24) is 0 Å². The Morgan fingerprint density at radius 3 is 2.22 bits per heavy atom. The maximum atomic E-state index is 9.83. The highest BCUT2D eigenvalue weighted by molar-refractivity contribution is 5.20. The van der Waals surface area contributed by atoms with Crippen molar-refractivity contribution in [3.63, 3.8) is 0 Å². The molecular formula is C13H22NO4+. The zero-order valence-corrected chi connectivity index (χ0v) is 10.5. The minimum atomic E-state index is -0.613. The molecule has 0 aromatic heterocycles. The average molecular weight is 256 g/mol. The Morgan fingerprint density at radius 1 is 1.06 bits per heavy atom. The predicted molar refractivity (Wildman–Crippen MR) is 67.7 cm³/mol. The summed E-state index contributed by atoms with van der Waals surface area (Å²) < 4.78 is 5.44. The molecule has 1 aromatic rings. The van der Waals surface area contributed by atoms with Gasteiger partial charge in [0.25, 0.3) is 0 Å². The highest BCUT2D eigenvalue weighted by Crippen LogP contribution is 2.08. The third-order valence-electron chi connectivity index (χ3n) is 2.64. The van der Waals surface area contributed by atoms with E-state index in [4.69, 9.17) is 14.9 Å². The fraction of sp³-hybridized carbons (Fsp3) is 0.538. The third kappa shape index (κ3) is 5.97. The summed E-state index contributed by atoms with van der Waals surface area (Å²) in [6, 6.07) is 9.31. The van der Waals surface area contributed by atoms with Crippen molar-refractivity contribution < 1.29 is 25.0 Å². The molecule has 1 rings (SSSR count). The maximum Gasteiger partial charge on any atom is 0.137 e. The quantitative estimate of drug-likeness (QED) is 0.425. The molecule has 1 aromatic carbocycles. The van der Waals surface area contributed by atoms with E-state index >= 15 is 0 Å². The Hall–Kier alpha value is -1.14. The van der Waals surface area contributed by atoms with Crippen LogP contribution < -0.4 is 9.64 Å². The molecule has 0 aliphatic rings. The van der Waals surface area contributed by atoms with Crippen molar-refractivity contribution in [3.05, 3.63) is 30.3 Å². The predicted octanol–water partition coefficient (Wildman–Crippen LogP) is -1.70. The Morgan fingerprint density at radius 2 is 1.67 bits per heavy atom. The first-order chi connectivity index (χ1) is 8.76. The number of rotatable bonds is 9. The lowest BCUT2D eigenvalue weighted by molar-refractivity contribution is -0.903. The lowest BCUT2D eigenvalue weighted by atomic mass is 10.3. The second-order valence-electron chi connectivity index (χ2n) is 4.18. The largest absolute Gasteiger partial charge is 0.491 e. The smallest absolute Gasteiger partial charge is 0.137 e. The molecule has 0 aliphatic heterocycles. The molecule has 0 saturated carbocycles. The summed E-state index contributed by atoms with van der Waals surface area (Å²) >= 11 is 0. The van der Waals surface area contributed by atoms with Gasteiger partial charge in [-0.15, -0.1) is 0 Å². The molecule has 0 bridgehead atoms. The average Bonchev–Trinajstić information content (AvgIpc) is 2.38. The van der Waals surface area contributed by atoms with Crippen LogP contribution in [0.2, 0.25) is 0 Å². The topological polar surface area (TPSA) is 74.4 Å². The van der Waals surface area contributed by atoms with Gasteiger partial charge in [0.2, 0.25) is 0 Å². The van der Waals surface area contributed by atoms with E-state index in [0.717, 1.165) is 10.6 Å². The molecule has 0 amide bonds. The standard InChI is InChI=1S/C13H21NO4/c15-8-6-14(7-9-16)10-12(17)11-18-13-4-2-1-3-5-13/h1-5,12,15-17H,6-11H2/p+1/t12-/m0/s1. The first-order valence-corrected chi connectivity index (χ1v) is 6.17. The van der Waals surface area contributed by atoms with Gasteiger partial charge in [-0.3, -0.25) is 0 Å². The molecule has 5 nitrogen and oxygen atoms in total. The van der Waals surface area contributed by atoms with Gasteiger partial charge < -0.3 is 25.0 Å². The van der Waals surface area contributed by atoms with Crippen molar-refractivity contribution in [2.75, 3.05) is 39.5 Å². The molecule has 0 saturated heterocycles. The van der Waals surface area contributed by atoms with Crippen molar-refractivity contribution in [3.8, 4) is 5.75 Å². The molecule has 0 aliphatic carbocycles. The zero-order valence-electron chi connectivity index (χ0n) is 10.5. The van der Waals surface area contributed by atoms with Gasteiger partial charge >= 0.3 is 0 Å². The van der Waals surface area contributed by atoms with Crippen molar-refractivity contribution in [2.45, 2.75) is 6.10 Å². The molecule has 0 fully saturated rings. The number of aliphatic hydroxyl groups excluding tert-OH is 3. The molecule has 4 N–H and O–H groups in total. The van der Waals surface area contributed by atoms with E-state index in [1.807, 2.05) is 30.3 Å². The first-order valence-electron chi connectivity index (χ1n) is 6.17. The lowest BCUT2D eigenvalue weighted by Crippen LogP contribution is -3.14. The molecule has 0 spiro atoms. The van der Waals surface area contributed by atoms with Crippen LogP contribution in [-0.2, 0) is 0 Å². The Bertz CT molecular complexity index is 301. The molecule has 5 heteroatoms. The van der Waals surface area contributed by atoms with Crippen molar-refractivity contribution >= 4 is 0 Å². The van der Waals surface area contributed by atoms with Gasteiger partial charge in [-0.2, -0.15) is 0 Å². The summed E-state index contributed by atoms with van der Waals surface area (Å²) in [5, 5.41) is 27.6. The summed E-state index contributed by atoms with van der Waals surface area (Å²) in [7, 11) is 0. The molecule has 102 valence electrons. The van der Waals surface area contributed by atoms with Crippen LogP contribution in [-0.4, -0.2) is 60.9 Å². The summed E-state index contributed by atoms with van der Waals surface area (Å²) in [6.45, 7) is 1.79. The monoisotopic (exact) mass is 256 g/mol. The van der Waals surface area contributed by atoms with Gasteiger partial charge in [0, 0.05) is 0 Å². The van der Waals surface area contributed by atoms with Crippen LogP contribution in [0.1, 0.15) is 0 Å². The Labute approximate surface area is 107 Å². The van der Waals surface area contributed by atoms with Gasteiger partial charge in [-0.25, -0.2) is 0 Å². The number of ether oxygens (including phenoxy) is 1. The van der Waals surface area contributed by atoms with E-state index in [2.05, 4.69) is 0 Å². The van der Waals surface area contributed by atoms with Crippen molar-refractivity contribution in [1.29, 1.82) is 0 Å². The van der Waals surface area contributed by atoms with E-state index in [1.165, 1.54) is 0 Å². The maximum absolute atomic E-state index is 9.83. The van der Waals surface area contributed by atoms with Gasteiger partial charge in [-0.1, -0.05) is 18.2 Å². The molecule has 1 atom stereocenters. The highest BCUT2D eigenvalue weighted by atomic mass is 16.5. The van der Waals surface area contributed by atoms with Crippen LogP contribution in [0.4, 0.5) is 0 Å². The van der Waals surface area contributed by atoms with Gasteiger partial charge in [0.05, 0.1) is 13.2 Å². The number of aliphatic hydroxyl groups is 3. The SMILES string of the molecule is OCC[NH+](CCO)C[C@H](O)COc1ccccc1. The van der Waals surface area contributed by atoms with Crippen LogP contribution in [0.3, 0.4) is 0 Å². The second-order valence-corrected chi connectivity index (χ2v) is 4.18. The number of para-hydroxylation sites is 1. The van der Waals surface area contributed by atoms with E-state index < -0.39 is 6.10 Å². The van der Waals surface area contributed by atoms with Crippen molar-refractivity contribution in [2.24, 2.45) is 0 Å². The van der Waals surface area contributed by atoms with E-state index in [9.17, 15) is 5.11 Å². The second kappa shape index (κ2) is 8.88. The van der Waals surface area contributed by atoms with E-state index in [1.54, 1.807) is 0 Å². The van der Waals surface area contributed by atoms with Crippen LogP contribution in [0.5, 0.6) is 5.75 Å². The number of nitrogens with one attached hydrogen (secondary N) is 1. The summed E-state index contributed by atoms with van der Waals surface area (Å²) in [5.74, 6) is 0.724.